The van der Waals surface area contributed by atoms with Gasteiger partial charge in [-0.15, -0.1) is 0 Å². The number of hydrazine groups is 1. The van der Waals surface area contributed by atoms with E-state index in [9.17, 15) is 0 Å². The molecule has 0 aliphatic heterocycles. The lowest BCUT2D eigenvalue weighted by atomic mass is 9.98. The Bertz CT molecular complexity index is 256. The van der Waals surface area contributed by atoms with E-state index in [-0.39, 0.29) is 0 Å². The summed E-state index contributed by atoms with van der Waals surface area (Å²) in [6, 6.07) is 10.9. The molecule has 1 atom stereocenters. The molecule has 84 valence electrons. The molecule has 1 unspecified atom stereocenters. The van der Waals surface area contributed by atoms with Gasteiger partial charge in [-0.25, -0.2) is 0 Å². The molecule has 3 N–H and O–H groups in total. The molecule has 1 rings (SSSR count). The maximum absolute atomic E-state index is 5.56. The third-order valence-electron chi connectivity index (χ3n) is 2.65. The molecular weight excluding hydrogens is 184 g/mol. The Labute approximate surface area is 92.8 Å². The van der Waals surface area contributed by atoms with Crippen molar-refractivity contribution in [1.82, 2.24) is 5.43 Å². The lowest BCUT2D eigenvalue weighted by Gasteiger charge is -2.16. The van der Waals surface area contributed by atoms with E-state index in [1.54, 1.807) is 0 Å². The Kier molecular flexibility index (Phi) is 5.37. The van der Waals surface area contributed by atoms with Crippen molar-refractivity contribution in [3.63, 3.8) is 0 Å². The van der Waals surface area contributed by atoms with Gasteiger partial charge in [0, 0.05) is 6.04 Å². The van der Waals surface area contributed by atoms with Gasteiger partial charge in [0.1, 0.15) is 0 Å². The second kappa shape index (κ2) is 6.59. The molecule has 0 spiro atoms. The molecule has 0 bridgehead atoms. The molecule has 0 amide bonds. The number of hydrogen-bond acceptors (Lipinski definition) is 2. The minimum Gasteiger partial charge on any atom is -0.271 e. The van der Waals surface area contributed by atoms with Gasteiger partial charge in [0.2, 0.25) is 0 Å². The van der Waals surface area contributed by atoms with Crippen molar-refractivity contribution in [2.45, 2.75) is 39.2 Å². The summed E-state index contributed by atoms with van der Waals surface area (Å²) in [5.74, 6) is 6.30. The average Bonchev–Trinajstić information content (AvgIpc) is 2.25. The highest BCUT2D eigenvalue weighted by Gasteiger charge is 2.08. The van der Waals surface area contributed by atoms with Crippen LogP contribution >= 0.6 is 0 Å². The summed E-state index contributed by atoms with van der Waals surface area (Å²) < 4.78 is 0. The van der Waals surface area contributed by atoms with Crippen LogP contribution in [-0.2, 0) is 6.42 Å². The summed E-state index contributed by atoms with van der Waals surface area (Å²) in [6.45, 7) is 4.49. The van der Waals surface area contributed by atoms with Crippen LogP contribution < -0.4 is 11.3 Å². The van der Waals surface area contributed by atoms with Crippen molar-refractivity contribution in [2.24, 2.45) is 11.8 Å². The van der Waals surface area contributed by atoms with Gasteiger partial charge in [0.25, 0.3) is 0 Å². The molecule has 2 nitrogen and oxygen atoms in total. The predicted molar refractivity (Wildman–Crippen MR) is 65.3 cm³/mol. The van der Waals surface area contributed by atoms with Gasteiger partial charge >= 0.3 is 0 Å². The molecule has 0 heterocycles. The van der Waals surface area contributed by atoms with Crippen molar-refractivity contribution in [3.8, 4) is 0 Å². The Morgan fingerprint density at radius 2 is 1.80 bits per heavy atom. The highest BCUT2D eigenvalue weighted by molar-refractivity contribution is 5.15. The quantitative estimate of drug-likeness (QED) is 0.554. The molecular formula is C13H22N2. The third kappa shape index (κ3) is 4.96. The smallest absolute Gasteiger partial charge is 0.0251 e. The van der Waals surface area contributed by atoms with Crippen molar-refractivity contribution in [2.75, 3.05) is 0 Å². The van der Waals surface area contributed by atoms with Gasteiger partial charge < -0.3 is 0 Å². The van der Waals surface area contributed by atoms with Crippen molar-refractivity contribution >= 4 is 0 Å². The van der Waals surface area contributed by atoms with Gasteiger partial charge in [-0.1, -0.05) is 44.2 Å². The molecule has 1 aromatic rings. The molecule has 1 aromatic carbocycles. The summed E-state index contributed by atoms with van der Waals surface area (Å²) in [5, 5.41) is 0. The summed E-state index contributed by atoms with van der Waals surface area (Å²) in [5.41, 5.74) is 4.26. The Morgan fingerprint density at radius 1 is 1.13 bits per heavy atom. The number of rotatable bonds is 6. The normalized spacial score (nSPS) is 13.1. The maximum atomic E-state index is 5.56. The van der Waals surface area contributed by atoms with Crippen LogP contribution in [0.2, 0.25) is 0 Å². The Hall–Kier alpha value is -0.860. The van der Waals surface area contributed by atoms with Gasteiger partial charge in [0.15, 0.2) is 0 Å². The van der Waals surface area contributed by atoms with E-state index >= 15 is 0 Å². The molecule has 0 saturated heterocycles. The van der Waals surface area contributed by atoms with E-state index in [0.717, 1.165) is 18.8 Å². The first kappa shape index (κ1) is 12.2. The zero-order valence-corrected chi connectivity index (χ0v) is 9.74. The highest BCUT2D eigenvalue weighted by Crippen LogP contribution is 2.10. The van der Waals surface area contributed by atoms with Gasteiger partial charge in [-0.05, 0) is 30.7 Å². The van der Waals surface area contributed by atoms with Gasteiger partial charge in [-0.3, -0.25) is 11.3 Å². The largest absolute Gasteiger partial charge is 0.271 e. The van der Waals surface area contributed by atoms with E-state index < -0.39 is 0 Å². The molecule has 0 saturated carbocycles. The van der Waals surface area contributed by atoms with E-state index in [1.165, 1.54) is 12.0 Å². The van der Waals surface area contributed by atoms with Crippen LogP contribution in [0.1, 0.15) is 32.3 Å². The standard InChI is InChI=1S/C13H22N2/c1-11(2)8-9-13(15-14)10-12-6-4-3-5-7-12/h3-7,11,13,15H,8-10,14H2,1-2H3. The average molecular weight is 206 g/mol. The first-order valence-corrected chi connectivity index (χ1v) is 5.72. The maximum Gasteiger partial charge on any atom is 0.0251 e. The summed E-state index contributed by atoms with van der Waals surface area (Å²) in [4.78, 5) is 0. The zero-order chi connectivity index (χ0) is 11.1. The van der Waals surface area contributed by atoms with Crippen LogP contribution in [0.25, 0.3) is 0 Å². The minimum atomic E-state index is 0.398. The summed E-state index contributed by atoms with van der Waals surface area (Å²) in [7, 11) is 0. The van der Waals surface area contributed by atoms with E-state index in [1.807, 2.05) is 6.07 Å². The van der Waals surface area contributed by atoms with E-state index in [4.69, 9.17) is 5.84 Å². The van der Waals surface area contributed by atoms with Crippen LogP contribution in [0.15, 0.2) is 30.3 Å². The lowest BCUT2D eigenvalue weighted by molar-refractivity contribution is 0.434. The molecule has 0 radical (unpaired) electrons. The number of nitrogens with two attached hydrogens (primary N) is 1. The van der Waals surface area contributed by atoms with Crippen LogP contribution in [0, 0.1) is 5.92 Å². The van der Waals surface area contributed by atoms with E-state index in [2.05, 4.69) is 43.5 Å². The Morgan fingerprint density at radius 3 is 2.33 bits per heavy atom. The zero-order valence-electron chi connectivity index (χ0n) is 9.74. The minimum absolute atomic E-state index is 0.398. The third-order valence-corrected chi connectivity index (χ3v) is 2.65. The van der Waals surface area contributed by atoms with Gasteiger partial charge in [0.05, 0.1) is 0 Å². The fourth-order valence-electron chi connectivity index (χ4n) is 1.68. The van der Waals surface area contributed by atoms with Crippen LogP contribution in [-0.4, -0.2) is 6.04 Å². The molecule has 2 heteroatoms. The number of nitrogens with one attached hydrogen (secondary N) is 1. The molecule has 0 aliphatic carbocycles. The second-order valence-corrected chi connectivity index (χ2v) is 4.52. The molecule has 0 aliphatic rings. The van der Waals surface area contributed by atoms with E-state index in [0.29, 0.717) is 6.04 Å². The van der Waals surface area contributed by atoms with Crippen molar-refractivity contribution in [1.29, 1.82) is 0 Å². The van der Waals surface area contributed by atoms with Crippen molar-refractivity contribution in [3.05, 3.63) is 35.9 Å². The number of hydrogen-bond donors (Lipinski definition) is 2. The molecule has 15 heavy (non-hydrogen) atoms. The first-order valence-electron chi connectivity index (χ1n) is 5.72. The topological polar surface area (TPSA) is 38.0 Å². The van der Waals surface area contributed by atoms with Crippen LogP contribution in [0.3, 0.4) is 0 Å². The molecule has 0 fully saturated rings. The molecule has 0 aromatic heterocycles. The number of benzene rings is 1. The van der Waals surface area contributed by atoms with Crippen molar-refractivity contribution < 1.29 is 0 Å². The van der Waals surface area contributed by atoms with Gasteiger partial charge in [-0.2, -0.15) is 0 Å². The lowest BCUT2D eigenvalue weighted by Crippen LogP contribution is -2.36. The van der Waals surface area contributed by atoms with Crippen LogP contribution in [0.4, 0.5) is 0 Å². The summed E-state index contributed by atoms with van der Waals surface area (Å²) >= 11 is 0. The Balaban J connectivity index is 2.40. The van der Waals surface area contributed by atoms with Crippen LogP contribution in [0.5, 0.6) is 0 Å². The highest BCUT2D eigenvalue weighted by atomic mass is 15.2. The first-order chi connectivity index (χ1) is 7.22. The fourth-order valence-corrected chi connectivity index (χ4v) is 1.68. The predicted octanol–water partition coefficient (Wildman–Crippen LogP) is 2.50. The second-order valence-electron chi connectivity index (χ2n) is 4.52. The monoisotopic (exact) mass is 206 g/mol. The fraction of sp³-hybridized carbons (Fsp3) is 0.538. The SMILES string of the molecule is CC(C)CCC(Cc1ccccc1)NN. The summed E-state index contributed by atoms with van der Waals surface area (Å²) in [6.07, 6.45) is 3.38.